The van der Waals surface area contributed by atoms with Gasteiger partial charge in [-0.2, -0.15) is 26.3 Å². The number of carbonyl (C=O) groups excluding carboxylic acids is 4. The number of nitrogens with one attached hydrogen (secondary N) is 2. The van der Waals surface area contributed by atoms with Gasteiger partial charge < -0.3 is 29.6 Å². The number of ether oxygens (including phenoxy) is 2. The van der Waals surface area contributed by atoms with Crippen LogP contribution in [0.1, 0.15) is 27.9 Å². The first kappa shape index (κ1) is 35.7. The summed E-state index contributed by atoms with van der Waals surface area (Å²) in [6, 6.07) is 6.88. The van der Waals surface area contributed by atoms with Gasteiger partial charge in [0.25, 0.3) is 0 Å². The lowest BCUT2D eigenvalue weighted by molar-refractivity contribution is -0.170. The minimum atomic E-state index is -5.13. The molecule has 2 aromatic carbocycles. The van der Waals surface area contributed by atoms with Crippen LogP contribution in [0.4, 0.5) is 35.9 Å². The quantitative estimate of drug-likeness (QED) is 0.247. The predicted molar refractivity (Wildman–Crippen MR) is 160 cm³/mol. The van der Waals surface area contributed by atoms with Crippen molar-refractivity contribution in [2.75, 3.05) is 19.7 Å². The Kier molecular flexibility index (Phi) is 10.4. The standard InChI is InChI=1S/C32H30F6N6O6/c1-2-8-49-29(47)41-24-15-43(30(48)50-17-20-9-21(31(33,34)35)11-22(10-20)32(36,37)38)26-16-42(14-19-6-4-3-5-7-19)28(46)25(44(26)27(24)45)12-23-13-39-18-40-23/h2-7,9-11,13,18,24-26H,1,8,12,14-17H2,(H,39,40)(H,41,47)/t24-,25-,26+/m0/s1. The number of imidazole rings is 1. The van der Waals surface area contributed by atoms with E-state index in [4.69, 9.17) is 9.47 Å². The molecule has 4 amide bonds. The summed E-state index contributed by atoms with van der Waals surface area (Å²) in [5, 5.41) is 2.34. The SMILES string of the molecule is C=CCOC(=O)N[C@H]1CN(C(=O)OCc2cc(C(F)(F)F)cc(C(F)(F)F)c2)[C@H]2CN(Cc3ccccc3)C(=O)[C@H](Cc3cnc[nH]3)N2C1=O. The van der Waals surface area contributed by atoms with Crippen molar-refractivity contribution >= 4 is 24.0 Å². The van der Waals surface area contributed by atoms with E-state index in [0.29, 0.717) is 17.8 Å². The monoisotopic (exact) mass is 708 g/mol. The lowest BCUT2D eigenvalue weighted by Crippen LogP contribution is -2.76. The number of halogens is 6. The Balaban J connectivity index is 1.49. The highest BCUT2D eigenvalue weighted by Crippen LogP contribution is 2.37. The molecule has 2 aliphatic heterocycles. The number of fused-ring (bicyclic) bond motifs is 1. The molecule has 0 unspecified atom stereocenters. The molecule has 266 valence electrons. The molecule has 50 heavy (non-hydrogen) atoms. The summed E-state index contributed by atoms with van der Waals surface area (Å²) in [5.41, 5.74) is -2.62. The summed E-state index contributed by atoms with van der Waals surface area (Å²) in [6.45, 7) is 1.48. The Labute approximate surface area is 280 Å². The summed E-state index contributed by atoms with van der Waals surface area (Å²) in [5.74, 6) is -1.25. The molecule has 3 aromatic rings. The third-order valence-electron chi connectivity index (χ3n) is 7.98. The Morgan fingerprint density at radius 3 is 2.24 bits per heavy atom. The third-order valence-corrected chi connectivity index (χ3v) is 7.98. The molecule has 2 N–H and O–H groups in total. The first-order chi connectivity index (χ1) is 23.7. The second-order valence-electron chi connectivity index (χ2n) is 11.4. The highest BCUT2D eigenvalue weighted by Gasteiger charge is 2.52. The van der Waals surface area contributed by atoms with Crippen LogP contribution < -0.4 is 5.32 Å². The van der Waals surface area contributed by atoms with Crippen molar-refractivity contribution in [3.8, 4) is 0 Å². The van der Waals surface area contributed by atoms with Crippen molar-refractivity contribution in [3.63, 3.8) is 0 Å². The molecule has 0 radical (unpaired) electrons. The lowest BCUT2D eigenvalue weighted by atomic mass is 9.98. The number of carbonyl (C=O) groups is 4. The molecule has 0 bridgehead atoms. The average Bonchev–Trinajstić information content (AvgIpc) is 3.58. The highest BCUT2D eigenvalue weighted by atomic mass is 19.4. The fraction of sp³-hybridized carbons (Fsp3) is 0.344. The smallest absolute Gasteiger partial charge is 0.416 e. The number of hydrogen-bond acceptors (Lipinski definition) is 7. The molecule has 2 saturated heterocycles. The molecule has 12 nitrogen and oxygen atoms in total. The molecule has 18 heteroatoms. The molecule has 0 spiro atoms. The molecule has 1 aromatic heterocycles. The number of alkyl carbamates (subject to hydrolysis) is 1. The number of hydrogen-bond donors (Lipinski definition) is 2. The molecule has 5 rings (SSSR count). The normalized spacial score (nSPS) is 19.6. The number of H-pyrrole nitrogens is 1. The van der Waals surface area contributed by atoms with Crippen LogP contribution >= 0.6 is 0 Å². The van der Waals surface area contributed by atoms with Gasteiger partial charge in [-0.1, -0.05) is 43.0 Å². The Hall–Kier alpha value is -5.55. The topological polar surface area (TPSA) is 137 Å². The van der Waals surface area contributed by atoms with Crippen molar-refractivity contribution in [2.45, 2.75) is 50.2 Å². The van der Waals surface area contributed by atoms with Crippen molar-refractivity contribution in [1.82, 2.24) is 30.0 Å². The van der Waals surface area contributed by atoms with Crippen molar-refractivity contribution in [3.05, 3.63) is 102 Å². The van der Waals surface area contributed by atoms with Crippen LogP contribution in [0.5, 0.6) is 0 Å². The van der Waals surface area contributed by atoms with Gasteiger partial charge in [0.15, 0.2) is 0 Å². The van der Waals surface area contributed by atoms with Gasteiger partial charge in [-0.25, -0.2) is 14.6 Å². The van der Waals surface area contributed by atoms with E-state index in [9.17, 15) is 45.5 Å². The minimum Gasteiger partial charge on any atom is -0.445 e. The van der Waals surface area contributed by atoms with E-state index in [-0.39, 0.29) is 32.2 Å². The molecule has 0 saturated carbocycles. The maximum absolute atomic E-state index is 14.0. The highest BCUT2D eigenvalue weighted by molar-refractivity contribution is 5.94. The van der Waals surface area contributed by atoms with Crippen LogP contribution in [-0.4, -0.2) is 86.6 Å². The van der Waals surface area contributed by atoms with Crippen LogP contribution in [-0.2, 0) is 51.0 Å². The average molecular weight is 709 g/mol. The second-order valence-corrected chi connectivity index (χ2v) is 11.4. The third kappa shape index (κ3) is 8.18. The molecule has 2 fully saturated rings. The molecule has 2 aliphatic rings. The zero-order valence-electron chi connectivity index (χ0n) is 26.0. The van der Waals surface area contributed by atoms with E-state index in [0.717, 1.165) is 15.4 Å². The maximum Gasteiger partial charge on any atom is 0.416 e. The van der Waals surface area contributed by atoms with E-state index in [2.05, 4.69) is 21.9 Å². The van der Waals surface area contributed by atoms with Crippen molar-refractivity contribution in [2.24, 2.45) is 0 Å². The molecular weight excluding hydrogens is 678 g/mol. The summed E-state index contributed by atoms with van der Waals surface area (Å²) >= 11 is 0. The van der Waals surface area contributed by atoms with Crippen LogP contribution in [0.25, 0.3) is 0 Å². The summed E-state index contributed by atoms with van der Waals surface area (Å²) in [7, 11) is 0. The fourth-order valence-electron chi connectivity index (χ4n) is 5.73. The summed E-state index contributed by atoms with van der Waals surface area (Å²) < 4.78 is 91.0. The van der Waals surface area contributed by atoms with E-state index < -0.39 is 84.4 Å². The largest absolute Gasteiger partial charge is 0.445 e. The fourth-order valence-corrected chi connectivity index (χ4v) is 5.73. The first-order valence-electron chi connectivity index (χ1n) is 15.0. The Bertz CT molecular complexity index is 1690. The Morgan fingerprint density at radius 2 is 1.64 bits per heavy atom. The first-order valence-corrected chi connectivity index (χ1v) is 15.0. The van der Waals surface area contributed by atoms with Gasteiger partial charge >= 0.3 is 24.5 Å². The number of alkyl halides is 6. The number of benzene rings is 2. The van der Waals surface area contributed by atoms with Gasteiger partial charge in [0.2, 0.25) is 11.8 Å². The number of aromatic amines is 1. The van der Waals surface area contributed by atoms with Gasteiger partial charge in [-0.15, -0.1) is 0 Å². The van der Waals surface area contributed by atoms with Crippen molar-refractivity contribution in [1.29, 1.82) is 0 Å². The van der Waals surface area contributed by atoms with Gasteiger partial charge in [-0.05, 0) is 29.3 Å². The molecule has 3 atom stereocenters. The summed E-state index contributed by atoms with van der Waals surface area (Å²) in [6.07, 6.45) is -9.80. The van der Waals surface area contributed by atoms with E-state index in [1.807, 2.05) is 0 Å². The van der Waals surface area contributed by atoms with Crippen LogP contribution in [0.15, 0.2) is 73.7 Å². The number of amides is 4. The zero-order valence-corrected chi connectivity index (χ0v) is 26.0. The van der Waals surface area contributed by atoms with E-state index in [1.54, 1.807) is 30.3 Å². The number of aromatic nitrogens is 2. The van der Waals surface area contributed by atoms with E-state index in [1.165, 1.54) is 23.5 Å². The lowest BCUT2D eigenvalue weighted by Gasteiger charge is -2.53. The van der Waals surface area contributed by atoms with Gasteiger partial charge in [0.1, 0.15) is 31.5 Å². The Morgan fingerprint density at radius 1 is 0.960 bits per heavy atom. The van der Waals surface area contributed by atoms with Crippen LogP contribution in [0, 0.1) is 0 Å². The van der Waals surface area contributed by atoms with Gasteiger partial charge in [-0.3, -0.25) is 14.5 Å². The number of nitrogens with zero attached hydrogens (tertiary/aromatic N) is 4. The molecule has 3 heterocycles. The number of rotatable bonds is 9. The van der Waals surface area contributed by atoms with Gasteiger partial charge in [0.05, 0.1) is 30.5 Å². The van der Waals surface area contributed by atoms with Crippen LogP contribution in [0.2, 0.25) is 0 Å². The molecule has 0 aliphatic carbocycles. The van der Waals surface area contributed by atoms with Crippen molar-refractivity contribution < 1.29 is 55.0 Å². The number of piperazine rings is 1. The predicted octanol–water partition coefficient (Wildman–Crippen LogP) is 4.49. The van der Waals surface area contributed by atoms with E-state index >= 15 is 0 Å². The second kappa shape index (κ2) is 14.5. The summed E-state index contributed by atoms with van der Waals surface area (Å²) in [4.78, 5) is 64.5. The molecular formula is C32H30F6N6O6. The van der Waals surface area contributed by atoms with Gasteiger partial charge in [0, 0.05) is 24.9 Å². The zero-order chi connectivity index (χ0) is 36.2. The van der Waals surface area contributed by atoms with Crippen LogP contribution in [0.3, 0.4) is 0 Å². The minimum absolute atomic E-state index is 0.0542. The maximum atomic E-state index is 14.0.